The predicted molar refractivity (Wildman–Crippen MR) is 55.5 cm³/mol. The first-order chi connectivity index (χ1) is 5.24. The smallest absolute Gasteiger partial charge is 0.136 e. The quantitative estimate of drug-likeness (QED) is 0.590. The van der Waals surface area contributed by atoms with Crippen LogP contribution in [0.15, 0.2) is 23.1 Å². The van der Waals surface area contributed by atoms with Gasteiger partial charge in [0.2, 0.25) is 0 Å². The molecule has 11 heavy (non-hydrogen) atoms. The Hall–Kier alpha value is 0.230. The van der Waals surface area contributed by atoms with Crippen molar-refractivity contribution in [3.63, 3.8) is 0 Å². The highest BCUT2D eigenvalue weighted by Crippen LogP contribution is 2.21. The molecule has 3 heteroatoms. The van der Waals surface area contributed by atoms with Gasteiger partial charge in [0.1, 0.15) is 5.82 Å². The number of hydrogen-bond donors (Lipinski definition) is 0. The third-order valence-corrected chi connectivity index (χ3v) is 2.90. The molecule has 0 saturated heterocycles. The van der Waals surface area contributed by atoms with E-state index in [0.29, 0.717) is 3.57 Å². The monoisotopic (exact) mass is 282 g/mol. The summed E-state index contributed by atoms with van der Waals surface area (Å²) in [6.07, 6.45) is 0. The van der Waals surface area contributed by atoms with Crippen molar-refractivity contribution in [1.82, 2.24) is 0 Å². The van der Waals surface area contributed by atoms with E-state index in [1.54, 1.807) is 11.8 Å². The Labute approximate surface area is 83.7 Å². The maximum atomic E-state index is 12.7. The molecule has 0 spiro atoms. The van der Waals surface area contributed by atoms with Crippen molar-refractivity contribution < 1.29 is 4.39 Å². The molecule has 1 rings (SSSR count). The van der Waals surface area contributed by atoms with Gasteiger partial charge >= 0.3 is 0 Å². The molecule has 0 aromatic heterocycles. The molecule has 1 aromatic carbocycles. The average molecular weight is 282 g/mol. The highest BCUT2D eigenvalue weighted by atomic mass is 127. The van der Waals surface area contributed by atoms with Crippen LogP contribution in [0, 0.1) is 9.39 Å². The van der Waals surface area contributed by atoms with Gasteiger partial charge in [-0.15, -0.1) is 11.8 Å². The standard InChI is InChI=1S/C8H8FIS/c1-2-11-6-3-4-7(9)8(10)5-6/h3-5H,2H2,1H3. The van der Waals surface area contributed by atoms with E-state index in [-0.39, 0.29) is 5.82 Å². The minimum Gasteiger partial charge on any atom is -0.206 e. The second kappa shape index (κ2) is 4.30. The number of halogens is 2. The van der Waals surface area contributed by atoms with Crippen LogP contribution in [-0.4, -0.2) is 5.75 Å². The highest BCUT2D eigenvalue weighted by Gasteiger charge is 1.98. The summed E-state index contributed by atoms with van der Waals surface area (Å²) in [6.45, 7) is 2.08. The van der Waals surface area contributed by atoms with E-state index >= 15 is 0 Å². The Morgan fingerprint density at radius 1 is 1.55 bits per heavy atom. The van der Waals surface area contributed by atoms with Crippen molar-refractivity contribution in [3.8, 4) is 0 Å². The molecule has 0 heterocycles. The fourth-order valence-corrected chi connectivity index (χ4v) is 2.16. The molecule has 0 bridgehead atoms. The molecule has 60 valence electrons. The fourth-order valence-electron chi connectivity index (χ4n) is 0.733. The third-order valence-electron chi connectivity index (χ3n) is 1.20. The van der Waals surface area contributed by atoms with E-state index in [2.05, 4.69) is 6.92 Å². The Bertz CT molecular complexity index is 250. The zero-order valence-corrected chi connectivity index (χ0v) is 9.08. The summed E-state index contributed by atoms with van der Waals surface area (Å²) >= 11 is 3.73. The van der Waals surface area contributed by atoms with Crippen LogP contribution in [0.4, 0.5) is 4.39 Å². The molecular formula is C8H8FIS. The van der Waals surface area contributed by atoms with E-state index in [0.717, 1.165) is 10.6 Å². The first-order valence-corrected chi connectivity index (χ1v) is 5.38. The number of rotatable bonds is 2. The molecule has 0 aliphatic heterocycles. The summed E-state index contributed by atoms with van der Waals surface area (Å²) < 4.78 is 13.4. The Morgan fingerprint density at radius 2 is 2.27 bits per heavy atom. The van der Waals surface area contributed by atoms with Crippen molar-refractivity contribution in [2.24, 2.45) is 0 Å². The third kappa shape index (κ3) is 2.63. The van der Waals surface area contributed by atoms with E-state index < -0.39 is 0 Å². The topological polar surface area (TPSA) is 0 Å². The van der Waals surface area contributed by atoms with Crippen molar-refractivity contribution in [2.75, 3.05) is 5.75 Å². The summed E-state index contributed by atoms with van der Waals surface area (Å²) in [5.74, 6) is 0.896. The first kappa shape index (κ1) is 9.32. The fraction of sp³-hybridized carbons (Fsp3) is 0.250. The summed E-state index contributed by atoms with van der Waals surface area (Å²) in [5.41, 5.74) is 0. The van der Waals surface area contributed by atoms with Gasteiger partial charge in [0.25, 0.3) is 0 Å². The molecule has 0 aliphatic rings. The molecule has 0 fully saturated rings. The van der Waals surface area contributed by atoms with Crippen molar-refractivity contribution in [1.29, 1.82) is 0 Å². The van der Waals surface area contributed by atoms with Crippen LogP contribution in [0.5, 0.6) is 0 Å². The van der Waals surface area contributed by atoms with E-state index in [9.17, 15) is 4.39 Å². The molecule has 0 unspecified atom stereocenters. The molecule has 0 aliphatic carbocycles. The summed E-state index contributed by atoms with van der Waals surface area (Å²) in [5, 5.41) is 0. The lowest BCUT2D eigenvalue weighted by Gasteiger charge is -1.98. The molecular weight excluding hydrogens is 274 g/mol. The van der Waals surface area contributed by atoms with Gasteiger partial charge in [0.05, 0.1) is 0 Å². The van der Waals surface area contributed by atoms with Crippen LogP contribution in [0.2, 0.25) is 0 Å². The summed E-state index contributed by atoms with van der Waals surface area (Å²) in [4.78, 5) is 1.14. The van der Waals surface area contributed by atoms with Crippen molar-refractivity contribution in [3.05, 3.63) is 27.6 Å². The van der Waals surface area contributed by atoms with Crippen LogP contribution in [0.25, 0.3) is 0 Å². The maximum Gasteiger partial charge on any atom is 0.136 e. The lowest BCUT2D eigenvalue weighted by molar-refractivity contribution is 0.619. The van der Waals surface area contributed by atoms with Crippen LogP contribution in [-0.2, 0) is 0 Å². The average Bonchev–Trinajstić information content (AvgIpc) is 1.98. The highest BCUT2D eigenvalue weighted by molar-refractivity contribution is 14.1. The van der Waals surface area contributed by atoms with Crippen molar-refractivity contribution in [2.45, 2.75) is 11.8 Å². The maximum absolute atomic E-state index is 12.7. The van der Waals surface area contributed by atoms with Crippen LogP contribution < -0.4 is 0 Å². The minimum absolute atomic E-state index is 0.133. The normalized spacial score (nSPS) is 10.1. The molecule has 0 amide bonds. The van der Waals surface area contributed by atoms with Gasteiger partial charge in [-0.05, 0) is 46.5 Å². The molecule has 0 N–H and O–H groups in total. The largest absolute Gasteiger partial charge is 0.206 e. The van der Waals surface area contributed by atoms with E-state index in [1.807, 2.05) is 34.7 Å². The van der Waals surface area contributed by atoms with Gasteiger partial charge in [-0.2, -0.15) is 0 Å². The summed E-state index contributed by atoms with van der Waals surface area (Å²) in [6, 6.07) is 5.19. The number of benzene rings is 1. The van der Waals surface area contributed by atoms with Gasteiger partial charge in [-0.1, -0.05) is 6.92 Å². The lowest BCUT2D eigenvalue weighted by atomic mass is 10.3. The second-order valence-electron chi connectivity index (χ2n) is 2.01. The van der Waals surface area contributed by atoms with Crippen LogP contribution >= 0.6 is 34.4 Å². The molecule has 0 saturated carbocycles. The van der Waals surface area contributed by atoms with Crippen LogP contribution in [0.3, 0.4) is 0 Å². The Kier molecular flexibility index (Phi) is 3.65. The van der Waals surface area contributed by atoms with Crippen LogP contribution in [0.1, 0.15) is 6.92 Å². The van der Waals surface area contributed by atoms with Gasteiger partial charge in [0, 0.05) is 8.47 Å². The first-order valence-electron chi connectivity index (χ1n) is 3.32. The minimum atomic E-state index is -0.133. The molecule has 1 aromatic rings. The van der Waals surface area contributed by atoms with Gasteiger partial charge in [-0.3, -0.25) is 0 Å². The Balaban J connectivity index is 2.86. The number of thioether (sulfide) groups is 1. The van der Waals surface area contributed by atoms with E-state index in [1.165, 1.54) is 6.07 Å². The summed E-state index contributed by atoms with van der Waals surface area (Å²) in [7, 11) is 0. The predicted octanol–water partition coefficient (Wildman–Crippen LogP) is 3.54. The lowest BCUT2D eigenvalue weighted by Crippen LogP contribution is -1.81. The zero-order valence-electron chi connectivity index (χ0n) is 6.10. The van der Waals surface area contributed by atoms with Gasteiger partial charge in [0.15, 0.2) is 0 Å². The zero-order chi connectivity index (χ0) is 8.27. The second-order valence-corrected chi connectivity index (χ2v) is 4.51. The Morgan fingerprint density at radius 3 is 2.82 bits per heavy atom. The molecule has 0 atom stereocenters. The van der Waals surface area contributed by atoms with Gasteiger partial charge in [-0.25, -0.2) is 4.39 Å². The van der Waals surface area contributed by atoms with Crippen molar-refractivity contribution >= 4 is 34.4 Å². The van der Waals surface area contributed by atoms with E-state index in [4.69, 9.17) is 0 Å². The SMILES string of the molecule is CCSc1ccc(F)c(I)c1. The molecule has 0 nitrogen and oxygen atoms in total. The molecule has 0 radical (unpaired) electrons. The van der Waals surface area contributed by atoms with Gasteiger partial charge < -0.3 is 0 Å². The number of hydrogen-bond acceptors (Lipinski definition) is 1.